The Kier molecular flexibility index (Phi) is 4.35. The van der Waals surface area contributed by atoms with Crippen molar-refractivity contribution in [3.8, 4) is 0 Å². The third-order valence-electron chi connectivity index (χ3n) is 2.75. The minimum absolute atomic E-state index is 0.204. The molecule has 0 spiro atoms. The number of nitrogens with two attached hydrogens (primary N) is 1. The van der Waals surface area contributed by atoms with Crippen LogP contribution in [0.1, 0.15) is 25.8 Å². The van der Waals surface area contributed by atoms with Crippen LogP contribution in [0.15, 0.2) is 30.3 Å². The predicted molar refractivity (Wildman–Crippen MR) is 62.3 cm³/mol. The van der Waals surface area contributed by atoms with E-state index in [2.05, 4.69) is 26.0 Å². The van der Waals surface area contributed by atoms with Gasteiger partial charge in [-0.1, -0.05) is 44.2 Å². The normalized spacial score (nSPS) is 12.7. The Labute approximate surface area is 91.5 Å². The lowest BCUT2D eigenvalue weighted by Crippen LogP contribution is -2.21. The molecular formula is C13H19NO. The topological polar surface area (TPSA) is 43.1 Å². The fourth-order valence-electron chi connectivity index (χ4n) is 1.72. The van der Waals surface area contributed by atoms with Crippen LogP contribution in [0, 0.1) is 11.8 Å². The van der Waals surface area contributed by atoms with Gasteiger partial charge >= 0.3 is 0 Å². The van der Waals surface area contributed by atoms with Crippen LogP contribution in [0.3, 0.4) is 0 Å². The molecular weight excluding hydrogens is 186 g/mol. The summed E-state index contributed by atoms with van der Waals surface area (Å²) in [6, 6.07) is 10.2. The van der Waals surface area contributed by atoms with E-state index in [0.29, 0.717) is 18.3 Å². The van der Waals surface area contributed by atoms with E-state index in [9.17, 15) is 4.79 Å². The zero-order valence-corrected chi connectivity index (χ0v) is 9.44. The van der Waals surface area contributed by atoms with Gasteiger partial charge in [-0.05, 0) is 23.8 Å². The van der Waals surface area contributed by atoms with Crippen LogP contribution in [0.2, 0.25) is 0 Å². The highest BCUT2D eigenvalue weighted by molar-refractivity contribution is 5.74. The minimum atomic E-state index is -0.204. The van der Waals surface area contributed by atoms with Crippen LogP contribution in [0.25, 0.3) is 0 Å². The Morgan fingerprint density at radius 3 is 2.33 bits per heavy atom. The molecule has 82 valence electrons. The lowest BCUT2D eigenvalue weighted by atomic mass is 9.86. The van der Waals surface area contributed by atoms with Gasteiger partial charge in [0, 0.05) is 6.42 Å². The second-order valence-electron chi connectivity index (χ2n) is 4.36. The van der Waals surface area contributed by atoms with Gasteiger partial charge in [0.2, 0.25) is 5.91 Å². The maximum absolute atomic E-state index is 10.9. The smallest absolute Gasteiger partial charge is 0.217 e. The van der Waals surface area contributed by atoms with Crippen molar-refractivity contribution in [2.24, 2.45) is 17.6 Å². The molecule has 1 amide bonds. The Hall–Kier alpha value is -1.31. The lowest BCUT2D eigenvalue weighted by Gasteiger charge is -2.19. The van der Waals surface area contributed by atoms with Crippen molar-refractivity contribution in [2.45, 2.75) is 26.7 Å². The molecule has 2 nitrogen and oxygen atoms in total. The number of benzene rings is 1. The Morgan fingerprint density at radius 1 is 1.27 bits per heavy atom. The molecule has 0 aliphatic rings. The first-order chi connectivity index (χ1) is 7.09. The van der Waals surface area contributed by atoms with Crippen molar-refractivity contribution in [3.05, 3.63) is 35.9 Å². The number of carbonyl (C=O) groups excluding carboxylic acids is 1. The average molecular weight is 205 g/mol. The maximum atomic E-state index is 10.9. The van der Waals surface area contributed by atoms with Crippen molar-refractivity contribution in [2.75, 3.05) is 0 Å². The highest BCUT2D eigenvalue weighted by Gasteiger charge is 2.16. The summed E-state index contributed by atoms with van der Waals surface area (Å²) in [7, 11) is 0. The van der Waals surface area contributed by atoms with Crippen molar-refractivity contribution < 1.29 is 4.79 Å². The number of hydrogen-bond donors (Lipinski definition) is 1. The Bertz CT molecular complexity index is 306. The third-order valence-corrected chi connectivity index (χ3v) is 2.75. The summed E-state index contributed by atoms with van der Waals surface area (Å²) in [5, 5.41) is 0. The highest BCUT2D eigenvalue weighted by Crippen LogP contribution is 2.20. The summed E-state index contributed by atoms with van der Waals surface area (Å²) in [5.74, 6) is 0.632. The highest BCUT2D eigenvalue weighted by atomic mass is 16.1. The van der Waals surface area contributed by atoms with E-state index < -0.39 is 0 Å². The van der Waals surface area contributed by atoms with E-state index in [1.807, 2.05) is 18.2 Å². The number of hydrogen-bond acceptors (Lipinski definition) is 1. The molecule has 0 aromatic heterocycles. The van der Waals surface area contributed by atoms with Gasteiger partial charge in [0.15, 0.2) is 0 Å². The second kappa shape index (κ2) is 5.54. The first kappa shape index (κ1) is 11.8. The van der Waals surface area contributed by atoms with Crippen LogP contribution >= 0.6 is 0 Å². The zero-order chi connectivity index (χ0) is 11.3. The first-order valence-electron chi connectivity index (χ1n) is 5.42. The lowest BCUT2D eigenvalue weighted by molar-refractivity contribution is -0.119. The van der Waals surface area contributed by atoms with Crippen molar-refractivity contribution in [3.63, 3.8) is 0 Å². The Balaban J connectivity index is 2.63. The molecule has 2 N–H and O–H groups in total. The van der Waals surface area contributed by atoms with Crippen LogP contribution in [-0.2, 0) is 11.2 Å². The average Bonchev–Trinajstić information content (AvgIpc) is 2.17. The second-order valence-corrected chi connectivity index (χ2v) is 4.36. The third kappa shape index (κ3) is 4.15. The van der Waals surface area contributed by atoms with Crippen molar-refractivity contribution >= 4 is 5.91 Å². The van der Waals surface area contributed by atoms with Gasteiger partial charge in [0.1, 0.15) is 0 Å². The minimum Gasteiger partial charge on any atom is -0.370 e. The maximum Gasteiger partial charge on any atom is 0.217 e. The van der Waals surface area contributed by atoms with E-state index in [-0.39, 0.29) is 5.91 Å². The van der Waals surface area contributed by atoms with Crippen molar-refractivity contribution in [1.29, 1.82) is 0 Å². The molecule has 0 radical (unpaired) electrons. The Morgan fingerprint density at radius 2 is 1.87 bits per heavy atom. The van der Waals surface area contributed by atoms with Gasteiger partial charge in [-0.3, -0.25) is 4.79 Å². The summed E-state index contributed by atoms with van der Waals surface area (Å²) in [6.07, 6.45) is 1.41. The number of rotatable bonds is 5. The molecule has 1 rings (SSSR count). The van der Waals surface area contributed by atoms with Gasteiger partial charge in [-0.15, -0.1) is 0 Å². The van der Waals surface area contributed by atoms with Gasteiger partial charge in [0.05, 0.1) is 0 Å². The SMILES string of the molecule is CC(C)C(CC(N)=O)Cc1ccccc1. The molecule has 0 aliphatic carbocycles. The summed E-state index contributed by atoms with van der Waals surface area (Å²) in [4.78, 5) is 10.9. The molecule has 0 heterocycles. The zero-order valence-electron chi connectivity index (χ0n) is 9.44. The monoisotopic (exact) mass is 205 g/mol. The van der Waals surface area contributed by atoms with Crippen molar-refractivity contribution in [1.82, 2.24) is 0 Å². The largest absolute Gasteiger partial charge is 0.370 e. The molecule has 1 aromatic rings. The number of amides is 1. The molecule has 0 saturated heterocycles. The summed E-state index contributed by atoms with van der Waals surface area (Å²) in [5.41, 5.74) is 6.52. The summed E-state index contributed by atoms with van der Waals surface area (Å²) < 4.78 is 0. The van der Waals surface area contributed by atoms with Gasteiger partial charge in [-0.2, -0.15) is 0 Å². The fraction of sp³-hybridized carbons (Fsp3) is 0.462. The van der Waals surface area contributed by atoms with Crippen LogP contribution in [0.5, 0.6) is 0 Å². The van der Waals surface area contributed by atoms with E-state index in [1.165, 1.54) is 5.56 Å². The van der Waals surface area contributed by atoms with Crippen LogP contribution < -0.4 is 5.73 Å². The predicted octanol–water partition coefficient (Wildman–Crippen LogP) is 2.38. The summed E-state index contributed by atoms with van der Waals surface area (Å²) >= 11 is 0. The standard InChI is InChI=1S/C13H19NO/c1-10(2)12(9-13(14)15)8-11-6-4-3-5-7-11/h3-7,10,12H,8-9H2,1-2H3,(H2,14,15). The molecule has 0 saturated carbocycles. The molecule has 1 atom stereocenters. The first-order valence-corrected chi connectivity index (χ1v) is 5.42. The number of primary amides is 1. The van der Waals surface area contributed by atoms with Gasteiger partial charge in [-0.25, -0.2) is 0 Å². The fourth-order valence-corrected chi connectivity index (χ4v) is 1.72. The number of carbonyl (C=O) groups is 1. The molecule has 1 unspecified atom stereocenters. The van der Waals surface area contributed by atoms with E-state index >= 15 is 0 Å². The van der Waals surface area contributed by atoms with Crippen LogP contribution in [0.4, 0.5) is 0 Å². The van der Waals surface area contributed by atoms with Crippen LogP contribution in [-0.4, -0.2) is 5.91 Å². The summed E-state index contributed by atoms with van der Waals surface area (Å²) in [6.45, 7) is 4.27. The molecule has 1 aromatic carbocycles. The molecule has 0 fully saturated rings. The quantitative estimate of drug-likeness (QED) is 0.788. The molecule has 2 heteroatoms. The van der Waals surface area contributed by atoms with E-state index in [1.54, 1.807) is 0 Å². The van der Waals surface area contributed by atoms with E-state index in [0.717, 1.165) is 6.42 Å². The molecule has 0 aliphatic heterocycles. The van der Waals surface area contributed by atoms with Gasteiger partial charge in [0.25, 0.3) is 0 Å². The molecule has 0 bridgehead atoms. The van der Waals surface area contributed by atoms with E-state index in [4.69, 9.17) is 5.73 Å². The molecule has 15 heavy (non-hydrogen) atoms. The van der Waals surface area contributed by atoms with Gasteiger partial charge < -0.3 is 5.73 Å².